The van der Waals surface area contributed by atoms with Crippen molar-refractivity contribution in [1.29, 1.82) is 0 Å². The molecule has 2 N–H and O–H groups in total. The summed E-state index contributed by atoms with van der Waals surface area (Å²) in [6.07, 6.45) is 10.5. The van der Waals surface area contributed by atoms with Gasteiger partial charge >= 0.3 is 12.0 Å². The normalized spacial score (nSPS) is 17.6. The monoisotopic (exact) mass is 252 g/mol. The van der Waals surface area contributed by atoms with Crippen molar-refractivity contribution in [1.82, 2.24) is 10.2 Å². The molecule has 0 aromatic rings. The van der Waals surface area contributed by atoms with Gasteiger partial charge in [-0.05, 0) is 12.8 Å². The molecule has 2 amide bonds. The Kier molecular flexibility index (Phi) is 5.50. The molecule has 0 heterocycles. The van der Waals surface area contributed by atoms with E-state index in [2.05, 4.69) is 11.2 Å². The van der Waals surface area contributed by atoms with E-state index in [1.165, 1.54) is 6.42 Å². The van der Waals surface area contributed by atoms with Crippen LogP contribution in [0.15, 0.2) is 0 Å². The third-order valence-corrected chi connectivity index (χ3v) is 3.36. The maximum Gasteiger partial charge on any atom is 0.327 e. The summed E-state index contributed by atoms with van der Waals surface area (Å²) in [4.78, 5) is 24.4. The van der Waals surface area contributed by atoms with E-state index in [1.54, 1.807) is 11.9 Å². The quantitative estimate of drug-likeness (QED) is 0.744. The first-order valence-electron chi connectivity index (χ1n) is 6.26. The number of aliphatic carboxylic acids is 1. The van der Waals surface area contributed by atoms with Gasteiger partial charge in [-0.3, -0.25) is 0 Å². The molecule has 18 heavy (non-hydrogen) atoms. The van der Waals surface area contributed by atoms with Gasteiger partial charge < -0.3 is 15.3 Å². The molecule has 0 saturated heterocycles. The summed E-state index contributed by atoms with van der Waals surface area (Å²) in [6.45, 7) is 0. The SMILES string of the molecule is C#CCC(NC(=O)N(C)C1CCCCC1)C(=O)O. The van der Waals surface area contributed by atoms with E-state index in [0.29, 0.717) is 0 Å². The highest BCUT2D eigenvalue weighted by molar-refractivity contribution is 5.82. The Hall–Kier alpha value is -1.70. The number of terminal acetylenes is 1. The third-order valence-electron chi connectivity index (χ3n) is 3.36. The van der Waals surface area contributed by atoms with Crippen molar-refractivity contribution in [3.8, 4) is 12.3 Å². The molecule has 1 saturated carbocycles. The lowest BCUT2D eigenvalue weighted by Crippen LogP contribution is -2.50. The summed E-state index contributed by atoms with van der Waals surface area (Å²) in [5.41, 5.74) is 0. The van der Waals surface area contributed by atoms with Crippen LogP contribution < -0.4 is 5.32 Å². The Morgan fingerprint density at radius 2 is 2.06 bits per heavy atom. The van der Waals surface area contributed by atoms with E-state index < -0.39 is 12.0 Å². The van der Waals surface area contributed by atoms with Gasteiger partial charge in [-0.15, -0.1) is 12.3 Å². The van der Waals surface area contributed by atoms with E-state index >= 15 is 0 Å². The van der Waals surface area contributed by atoms with Gasteiger partial charge in [0.15, 0.2) is 0 Å². The summed E-state index contributed by atoms with van der Waals surface area (Å²) >= 11 is 0. The molecule has 1 unspecified atom stereocenters. The van der Waals surface area contributed by atoms with Crippen molar-refractivity contribution in [3.63, 3.8) is 0 Å². The Morgan fingerprint density at radius 1 is 1.44 bits per heavy atom. The van der Waals surface area contributed by atoms with Crippen LogP contribution in [-0.4, -0.2) is 41.1 Å². The molecular weight excluding hydrogens is 232 g/mol. The zero-order chi connectivity index (χ0) is 13.5. The zero-order valence-corrected chi connectivity index (χ0v) is 10.7. The molecule has 1 aliphatic carbocycles. The van der Waals surface area contributed by atoms with Crippen LogP contribution in [0.25, 0.3) is 0 Å². The largest absolute Gasteiger partial charge is 0.480 e. The first kappa shape index (κ1) is 14.4. The molecule has 0 spiro atoms. The average Bonchev–Trinajstić information content (AvgIpc) is 2.38. The second-order valence-corrected chi connectivity index (χ2v) is 4.65. The fraction of sp³-hybridized carbons (Fsp3) is 0.692. The number of amides is 2. The lowest BCUT2D eigenvalue weighted by Gasteiger charge is -2.31. The maximum absolute atomic E-state index is 11.9. The minimum atomic E-state index is -1.10. The molecule has 1 atom stereocenters. The highest BCUT2D eigenvalue weighted by Crippen LogP contribution is 2.21. The summed E-state index contributed by atoms with van der Waals surface area (Å²) in [5.74, 6) is 1.16. The van der Waals surface area contributed by atoms with Crippen LogP contribution in [0.1, 0.15) is 38.5 Å². The van der Waals surface area contributed by atoms with Crippen molar-refractivity contribution in [2.24, 2.45) is 0 Å². The number of carboxylic acids is 1. The van der Waals surface area contributed by atoms with E-state index in [-0.39, 0.29) is 18.5 Å². The van der Waals surface area contributed by atoms with E-state index in [0.717, 1.165) is 25.7 Å². The van der Waals surface area contributed by atoms with E-state index in [1.807, 2.05) is 0 Å². The fourth-order valence-electron chi connectivity index (χ4n) is 2.20. The summed E-state index contributed by atoms with van der Waals surface area (Å²) in [6, 6.07) is -1.16. The number of carbonyl (C=O) groups is 2. The fourth-order valence-corrected chi connectivity index (χ4v) is 2.20. The molecular formula is C13H20N2O3. The van der Waals surface area contributed by atoms with Gasteiger partial charge in [-0.1, -0.05) is 19.3 Å². The molecule has 0 aliphatic heterocycles. The average molecular weight is 252 g/mol. The van der Waals surface area contributed by atoms with Crippen LogP contribution in [0, 0.1) is 12.3 Å². The Bertz CT molecular complexity index is 343. The van der Waals surface area contributed by atoms with Gasteiger partial charge in [-0.25, -0.2) is 9.59 Å². The van der Waals surface area contributed by atoms with Gasteiger partial charge in [0.1, 0.15) is 6.04 Å². The Labute approximate surface area is 108 Å². The highest BCUT2D eigenvalue weighted by Gasteiger charge is 2.25. The predicted molar refractivity (Wildman–Crippen MR) is 68.0 cm³/mol. The van der Waals surface area contributed by atoms with Gasteiger partial charge in [0.25, 0.3) is 0 Å². The van der Waals surface area contributed by atoms with Crippen molar-refractivity contribution in [3.05, 3.63) is 0 Å². The molecule has 0 bridgehead atoms. The molecule has 5 nitrogen and oxygen atoms in total. The van der Waals surface area contributed by atoms with Crippen LogP contribution in [0.2, 0.25) is 0 Å². The number of urea groups is 1. The Balaban J connectivity index is 2.52. The second-order valence-electron chi connectivity index (χ2n) is 4.65. The molecule has 1 rings (SSSR count). The molecule has 100 valence electrons. The molecule has 0 aromatic heterocycles. The number of nitrogens with zero attached hydrogens (tertiary/aromatic N) is 1. The van der Waals surface area contributed by atoms with Crippen molar-refractivity contribution in [2.45, 2.75) is 50.6 Å². The lowest BCUT2D eigenvalue weighted by atomic mass is 9.95. The first-order valence-corrected chi connectivity index (χ1v) is 6.26. The van der Waals surface area contributed by atoms with E-state index in [9.17, 15) is 9.59 Å². The standard InChI is InChI=1S/C13H20N2O3/c1-3-7-11(12(16)17)14-13(18)15(2)10-8-5-4-6-9-10/h1,10-11H,4-9H2,2H3,(H,14,18)(H,16,17). The topological polar surface area (TPSA) is 69.6 Å². The van der Waals surface area contributed by atoms with Crippen LogP contribution in [-0.2, 0) is 4.79 Å². The summed E-state index contributed by atoms with van der Waals surface area (Å²) in [7, 11) is 1.71. The molecule has 1 aliphatic rings. The second kappa shape index (κ2) is 6.90. The summed E-state index contributed by atoms with van der Waals surface area (Å²) < 4.78 is 0. The number of carboxylic acid groups (broad SMARTS) is 1. The van der Waals surface area contributed by atoms with Gasteiger partial charge in [0.2, 0.25) is 0 Å². The first-order chi connectivity index (χ1) is 8.56. The minimum absolute atomic E-state index is 0.000417. The van der Waals surface area contributed by atoms with E-state index in [4.69, 9.17) is 11.5 Å². The Morgan fingerprint density at radius 3 is 2.56 bits per heavy atom. The number of hydrogen-bond acceptors (Lipinski definition) is 2. The van der Waals surface area contributed by atoms with Crippen molar-refractivity contribution >= 4 is 12.0 Å². The lowest BCUT2D eigenvalue weighted by molar-refractivity contribution is -0.139. The van der Waals surface area contributed by atoms with Crippen LogP contribution >= 0.6 is 0 Å². The third kappa shape index (κ3) is 3.95. The number of carbonyl (C=O) groups excluding carboxylic acids is 1. The van der Waals surface area contributed by atoms with Crippen molar-refractivity contribution < 1.29 is 14.7 Å². The minimum Gasteiger partial charge on any atom is -0.480 e. The molecule has 0 aromatic carbocycles. The van der Waals surface area contributed by atoms with Crippen molar-refractivity contribution in [2.75, 3.05) is 7.05 Å². The number of nitrogens with one attached hydrogen (secondary N) is 1. The molecule has 1 fully saturated rings. The molecule has 0 radical (unpaired) electrons. The smallest absolute Gasteiger partial charge is 0.327 e. The highest BCUT2D eigenvalue weighted by atomic mass is 16.4. The molecule has 5 heteroatoms. The van der Waals surface area contributed by atoms with Gasteiger partial charge in [-0.2, -0.15) is 0 Å². The number of rotatable bonds is 4. The predicted octanol–water partition coefficient (Wildman–Crippen LogP) is 1.44. The zero-order valence-electron chi connectivity index (χ0n) is 10.7. The van der Waals surface area contributed by atoms with Crippen LogP contribution in [0.5, 0.6) is 0 Å². The van der Waals surface area contributed by atoms with Gasteiger partial charge in [0.05, 0.1) is 0 Å². The van der Waals surface area contributed by atoms with Crippen LogP contribution in [0.3, 0.4) is 0 Å². The maximum atomic E-state index is 11.9. The van der Waals surface area contributed by atoms with Crippen LogP contribution in [0.4, 0.5) is 4.79 Å². The summed E-state index contributed by atoms with van der Waals surface area (Å²) in [5, 5.41) is 11.4. The van der Waals surface area contributed by atoms with Gasteiger partial charge in [0, 0.05) is 19.5 Å². The number of hydrogen-bond donors (Lipinski definition) is 2.